The Morgan fingerprint density at radius 2 is 1.95 bits per heavy atom. The number of nitrogens with zero attached hydrogens (tertiary/aromatic N) is 1. The summed E-state index contributed by atoms with van der Waals surface area (Å²) in [6.07, 6.45) is 1.51. The van der Waals surface area contributed by atoms with Crippen LogP contribution in [0.4, 0.5) is 30.4 Å². The molecule has 2 aromatic rings. The molecule has 6 heteroatoms. The fourth-order valence-electron chi connectivity index (χ4n) is 1.59. The number of aromatic nitrogens is 1. The van der Waals surface area contributed by atoms with Gasteiger partial charge in [0.1, 0.15) is 11.6 Å². The molecule has 0 atom stereocenters. The number of rotatable bonds is 4. The fourth-order valence-corrected chi connectivity index (χ4v) is 1.59. The van der Waals surface area contributed by atoms with E-state index < -0.39 is 17.5 Å². The second-order valence-electron chi connectivity index (χ2n) is 3.83. The van der Waals surface area contributed by atoms with Crippen molar-refractivity contribution in [2.75, 3.05) is 17.2 Å². The first-order chi connectivity index (χ1) is 9.10. The van der Waals surface area contributed by atoms with Crippen LogP contribution in [-0.2, 0) is 0 Å². The topological polar surface area (TPSA) is 37.0 Å². The third kappa shape index (κ3) is 3.15. The van der Waals surface area contributed by atoms with Crippen molar-refractivity contribution in [3.05, 3.63) is 47.9 Å². The van der Waals surface area contributed by atoms with Crippen LogP contribution >= 0.6 is 0 Å². The van der Waals surface area contributed by atoms with Crippen LogP contribution in [-0.4, -0.2) is 11.5 Å². The number of pyridine rings is 1. The van der Waals surface area contributed by atoms with Crippen LogP contribution in [0.1, 0.15) is 6.92 Å². The lowest BCUT2D eigenvalue weighted by atomic mass is 10.2. The van der Waals surface area contributed by atoms with Crippen molar-refractivity contribution in [1.82, 2.24) is 4.98 Å². The summed E-state index contributed by atoms with van der Waals surface area (Å²) in [5, 5.41) is 5.60. The maximum Gasteiger partial charge on any atom is 0.182 e. The highest BCUT2D eigenvalue weighted by molar-refractivity contribution is 5.63. The van der Waals surface area contributed by atoms with Crippen molar-refractivity contribution >= 4 is 17.2 Å². The number of benzene rings is 1. The molecule has 0 fully saturated rings. The van der Waals surface area contributed by atoms with Crippen LogP contribution in [0.25, 0.3) is 0 Å². The summed E-state index contributed by atoms with van der Waals surface area (Å²) in [6, 6.07) is 4.58. The molecule has 3 nitrogen and oxygen atoms in total. The van der Waals surface area contributed by atoms with Gasteiger partial charge in [-0.05, 0) is 13.0 Å². The largest absolute Gasteiger partial charge is 0.370 e. The van der Waals surface area contributed by atoms with E-state index in [1.54, 1.807) is 12.1 Å². The predicted molar refractivity (Wildman–Crippen MR) is 68.0 cm³/mol. The molecule has 2 N–H and O–H groups in total. The Balaban J connectivity index is 2.28. The zero-order chi connectivity index (χ0) is 13.8. The lowest BCUT2D eigenvalue weighted by molar-refractivity contribution is 0.498. The van der Waals surface area contributed by atoms with E-state index in [-0.39, 0.29) is 5.69 Å². The van der Waals surface area contributed by atoms with E-state index in [4.69, 9.17) is 0 Å². The highest BCUT2D eigenvalue weighted by Gasteiger charge is 2.11. The smallest absolute Gasteiger partial charge is 0.182 e. The maximum absolute atomic E-state index is 13.5. The molecule has 2 rings (SSSR count). The number of hydrogen-bond donors (Lipinski definition) is 2. The van der Waals surface area contributed by atoms with Gasteiger partial charge in [0.15, 0.2) is 11.6 Å². The van der Waals surface area contributed by atoms with Gasteiger partial charge in [-0.2, -0.15) is 0 Å². The average molecular weight is 267 g/mol. The third-order valence-electron chi connectivity index (χ3n) is 2.39. The van der Waals surface area contributed by atoms with Gasteiger partial charge in [0.05, 0.1) is 5.69 Å². The molecule has 1 aromatic heterocycles. The molecule has 0 aliphatic heterocycles. The molecule has 0 unspecified atom stereocenters. The van der Waals surface area contributed by atoms with Crippen molar-refractivity contribution in [1.29, 1.82) is 0 Å². The molecule has 0 aliphatic rings. The Bertz CT molecular complexity index is 587. The summed E-state index contributed by atoms with van der Waals surface area (Å²) in [5.74, 6) is -2.61. The number of halogens is 3. The summed E-state index contributed by atoms with van der Waals surface area (Å²) >= 11 is 0. The minimum atomic E-state index is -1.23. The van der Waals surface area contributed by atoms with Crippen LogP contribution in [0.15, 0.2) is 30.5 Å². The highest BCUT2D eigenvalue weighted by Crippen LogP contribution is 2.24. The summed E-state index contributed by atoms with van der Waals surface area (Å²) < 4.78 is 39.6. The van der Waals surface area contributed by atoms with E-state index in [0.29, 0.717) is 24.1 Å². The first-order valence-corrected chi connectivity index (χ1v) is 5.71. The Hall–Kier alpha value is -2.24. The van der Waals surface area contributed by atoms with Gasteiger partial charge in [-0.1, -0.05) is 0 Å². The van der Waals surface area contributed by atoms with Gasteiger partial charge in [0.25, 0.3) is 0 Å². The zero-order valence-electron chi connectivity index (χ0n) is 10.2. The van der Waals surface area contributed by atoms with Crippen LogP contribution in [0.3, 0.4) is 0 Å². The van der Waals surface area contributed by atoms with Crippen LogP contribution in [0.5, 0.6) is 0 Å². The van der Waals surface area contributed by atoms with Gasteiger partial charge in [0.2, 0.25) is 0 Å². The Morgan fingerprint density at radius 1 is 1.16 bits per heavy atom. The molecule has 0 aliphatic carbocycles. The molecule has 0 saturated heterocycles. The second-order valence-corrected chi connectivity index (χ2v) is 3.83. The van der Waals surface area contributed by atoms with Gasteiger partial charge in [0, 0.05) is 36.6 Å². The normalized spacial score (nSPS) is 10.3. The molecule has 0 amide bonds. The van der Waals surface area contributed by atoms with Gasteiger partial charge >= 0.3 is 0 Å². The Kier molecular flexibility index (Phi) is 3.89. The maximum atomic E-state index is 13.5. The molecular formula is C13H12F3N3. The summed E-state index contributed by atoms with van der Waals surface area (Å²) in [7, 11) is 0. The third-order valence-corrected chi connectivity index (χ3v) is 2.39. The summed E-state index contributed by atoms with van der Waals surface area (Å²) in [4.78, 5) is 4.04. The minimum Gasteiger partial charge on any atom is -0.370 e. The van der Waals surface area contributed by atoms with Gasteiger partial charge in [-0.15, -0.1) is 0 Å². The number of anilines is 3. The van der Waals surface area contributed by atoms with Crippen molar-refractivity contribution in [3.8, 4) is 0 Å². The lowest BCUT2D eigenvalue weighted by Gasteiger charge is -2.10. The van der Waals surface area contributed by atoms with E-state index in [9.17, 15) is 13.2 Å². The second kappa shape index (κ2) is 5.60. The van der Waals surface area contributed by atoms with Gasteiger partial charge < -0.3 is 10.6 Å². The molecule has 0 saturated carbocycles. The predicted octanol–water partition coefficient (Wildman–Crippen LogP) is 3.67. The molecule has 0 bridgehead atoms. The highest BCUT2D eigenvalue weighted by atomic mass is 19.2. The standard InChI is InChI=1S/C13H12F3N3/c1-2-17-12-7-9(3-4-18-12)19-11-6-8(14)5-10(15)13(11)16/h3-7H,2H2,1H3,(H2,17,18,19). The van der Waals surface area contributed by atoms with Crippen LogP contribution in [0.2, 0.25) is 0 Å². The fraction of sp³-hybridized carbons (Fsp3) is 0.154. The van der Waals surface area contributed by atoms with E-state index in [0.717, 1.165) is 6.07 Å². The summed E-state index contributed by atoms with van der Waals surface area (Å²) in [5.41, 5.74) is 0.223. The molecular weight excluding hydrogens is 255 g/mol. The molecule has 0 spiro atoms. The van der Waals surface area contributed by atoms with Crippen molar-refractivity contribution in [2.45, 2.75) is 6.92 Å². The molecule has 0 radical (unpaired) electrons. The SMILES string of the molecule is CCNc1cc(Nc2cc(F)cc(F)c2F)ccn1. The van der Waals surface area contributed by atoms with E-state index in [1.165, 1.54) is 6.20 Å². The van der Waals surface area contributed by atoms with Crippen molar-refractivity contribution in [2.24, 2.45) is 0 Å². The quantitative estimate of drug-likeness (QED) is 0.830. The first-order valence-electron chi connectivity index (χ1n) is 5.71. The first kappa shape index (κ1) is 13.2. The van der Waals surface area contributed by atoms with Gasteiger partial charge in [-0.3, -0.25) is 0 Å². The van der Waals surface area contributed by atoms with Crippen molar-refractivity contribution < 1.29 is 13.2 Å². The number of hydrogen-bond acceptors (Lipinski definition) is 3. The van der Waals surface area contributed by atoms with Crippen LogP contribution < -0.4 is 10.6 Å². The number of nitrogens with one attached hydrogen (secondary N) is 2. The van der Waals surface area contributed by atoms with E-state index in [1.807, 2.05) is 6.92 Å². The molecule has 100 valence electrons. The minimum absolute atomic E-state index is 0.258. The van der Waals surface area contributed by atoms with Crippen LogP contribution in [0, 0.1) is 17.5 Å². The Morgan fingerprint density at radius 3 is 2.68 bits per heavy atom. The lowest BCUT2D eigenvalue weighted by Crippen LogP contribution is -2.01. The van der Waals surface area contributed by atoms with Gasteiger partial charge in [-0.25, -0.2) is 18.2 Å². The van der Waals surface area contributed by atoms with Crippen molar-refractivity contribution in [3.63, 3.8) is 0 Å². The monoisotopic (exact) mass is 267 g/mol. The van der Waals surface area contributed by atoms with E-state index >= 15 is 0 Å². The average Bonchev–Trinajstić information content (AvgIpc) is 2.36. The molecule has 1 heterocycles. The zero-order valence-corrected chi connectivity index (χ0v) is 10.2. The Labute approximate surface area is 108 Å². The van der Waals surface area contributed by atoms with E-state index in [2.05, 4.69) is 15.6 Å². The molecule has 19 heavy (non-hydrogen) atoms. The molecule has 1 aromatic carbocycles. The summed E-state index contributed by atoms with van der Waals surface area (Å²) in [6.45, 7) is 2.59.